The maximum Gasteiger partial charge on any atom is 0.338 e. The summed E-state index contributed by atoms with van der Waals surface area (Å²) in [5, 5.41) is 5.09. The summed E-state index contributed by atoms with van der Waals surface area (Å²) in [5.74, 6) is 0.0167. The molecule has 0 saturated carbocycles. The first-order valence-corrected chi connectivity index (χ1v) is 10.6. The normalized spacial score (nSPS) is 15.8. The van der Waals surface area contributed by atoms with Crippen molar-refractivity contribution in [2.75, 3.05) is 26.4 Å². The van der Waals surface area contributed by atoms with Crippen LogP contribution >= 0.6 is 0 Å². The third-order valence-electron chi connectivity index (χ3n) is 4.37. The van der Waals surface area contributed by atoms with E-state index >= 15 is 0 Å². The summed E-state index contributed by atoms with van der Waals surface area (Å²) in [6.07, 6.45) is 3.72. The number of nitrogens with one attached hydrogen (secondary N) is 2. The van der Waals surface area contributed by atoms with Crippen molar-refractivity contribution in [2.45, 2.75) is 40.2 Å². The fourth-order valence-corrected chi connectivity index (χ4v) is 2.98. The number of benzene rings is 1. The van der Waals surface area contributed by atoms with E-state index in [2.05, 4.69) is 10.6 Å². The average Bonchev–Trinajstić information content (AvgIpc) is 2.75. The Morgan fingerprint density at radius 3 is 2.53 bits per heavy atom. The highest BCUT2D eigenvalue weighted by molar-refractivity contribution is 5.95. The number of amides is 2. The van der Waals surface area contributed by atoms with Crippen molar-refractivity contribution < 1.29 is 33.3 Å². The molecule has 1 aromatic carbocycles. The van der Waals surface area contributed by atoms with Crippen LogP contribution < -0.4 is 20.1 Å². The summed E-state index contributed by atoms with van der Waals surface area (Å²) < 4.78 is 21.5. The molecular formula is C23H30N2O7. The second-order valence-corrected chi connectivity index (χ2v) is 6.86. The molecule has 9 nitrogen and oxygen atoms in total. The highest BCUT2D eigenvalue weighted by Gasteiger charge is 2.30. The number of hydrogen-bond acceptors (Lipinski definition) is 7. The smallest absolute Gasteiger partial charge is 0.338 e. The molecule has 174 valence electrons. The minimum atomic E-state index is -0.634. The molecule has 1 unspecified atom stereocenters. The van der Waals surface area contributed by atoms with Crippen LogP contribution in [0.4, 0.5) is 4.79 Å². The molecule has 2 N–H and O–H groups in total. The van der Waals surface area contributed by atoms with E-state index in [1.54, 1.807) is 38.1 Å². The number of rotatable bonds is 11. The molecule has 0 fully saturated rings. The second kappa shape index (κ2) is 12.4. The van der Waals surface area contributed by atoms with Crippen LogP contribution in [0.25, 0.3) is 6.08 Å². The molecule has 0 aromatic heterocycles. The van der Waals surface area contributed by atoms with Crippen LogP contribution in [-0.2, 0) is 19.1 Å². The van der Waals surface area contributed by atoms with Gasteiger partial charge in [0.05, 0.1) is 37.1 Å². The van der Waals surface area contributed by atoms with E-state index < -0.39 is 24.0 Å². The Hall–Kier alpha value is -3.49. The lowest BCUT2D eigenvalue weighted by atomic mass is 10.0. The summed E-state index contributed by atoms with van der Waals surface area (Å²) >= 11 is 0. The minimum absolute atomic E-state index is 0.185. The van der Waals surface area contributed by atoms with E-state index in [1.165, 1.54) is 6.08 Å². The molecule has 32 heavy (non-hydrogen) atoms. The van der Waals surface area contributed by atoms with Crippen molar-refractivity contribution in [1.29, 1.82) is 0 Å². The quantitative estimate of drug-likeness (QED) is 0.397. The highest BCUT2D eigenvalue weighted by Crippen LogP contribution is 2.29. The summed E-state index contributed by atoms with van der Waals surface area (Å²) in [6, 6.07) is 4.30. The maximum absolute atomic E-state index is 12.2. The van der Waals surface area contributed by atoms with Crippen molar-refractivity contribution in [3.63, 3.8) is 0 Å². The van der Waals surface area contributed by atoms with Crippen molar-refractivity contribution in [1.82, 2.24) is 10.6 Å². The van der Waals surface area contributed by atoms with Gasteiger partial charge in [-0.25, -0.2) is 14.4 Å². The Labute approximate surface area is 187 Å². The zero-order valence-corrected chi connectivity index (χ0v) is 18.9. The largest absolute Gasteiger partial charge is 0.490 e. The summed E-state index contributed by atoms with van der Waals surface area (Å²) in [7, 11) is 0. The number of carbonyl (C=O) groups excluding carboxylic acids is 3. The first-order valence-electron chi connectivity index (χ1n) is 10.6. The molecule has 0 spiro atoms. The van der Waals surface area contributed by atoms with E-state index in [1.807, 2.05) is 13.8 Å². The Morgan fingerprint density at radius 2 is 1.84 bits per heavy atom. The SMILES string of the molecule is CCCOc1ccc(/C=C/C(=O)OCC2=C(C(=O)OCC)C(C)NC(=O)N2)cc1OCC. The van der Waals surface area contributed by atoms with Crippen LogP contribution in [0.5, 0.6) is 11.5 Å². The lowest BCUT2D eigenvalue weighted by Crippen LogP contribution is -2.50. The predicted molar refractivity (Wildman–Crippen MR) is 118 cm³/mol. The number of carbonyl (C=O) groups is 3. The highest BCUT2D eigenvalue weighted by atomic mass is 16.5. The molecule has 1 aliphatic heterocycles. The van der Waals surface area contributed by atoms with Gasteiger partial charge in [0.1, 0.15) is 6.61 Å². The van der Waals surface area contributed by atoms with Crippen molar-refractivity contribution in [3.8, 4) is 11.5 Å². The van der Waals surface area contributed by atoms with Gasteiger partial charge >= 0.3 is 18.0 Å². The first-order chi connectivity index (χ1) is 15.4. The Balaban J connectivity index is 2.07. The molecule has 0 aliphatic carbocycles. The molecule has 1 heterocycles. The zero-order chi connectivity index (χ0) is 23.5. The van der Waals surface area contributed by atoms with E-state index in [9.17, 15) is 14.4 Å². The van der Waals surface area contributed by atoms with Gasteiger partial charge in [-0.15, -0.1) is 0 Å². The van der Waals surface area contributed by atoms with Crippen LogP contribution in [0.2, 0.25) is 0 Å². The lowest BCUT2D eigenvalue weighted by molar-refractivity contribution is -0.140. The van der Waals surface area contributed by atoms with Crippen LogP contribution in [0.15, 0.2) is 35.5 Å². The van der Waals surface area contributed by atoms with Crippen LogP contribution in [-0.4, -0.2) is 50.4 Å². The van der Waals surface area contributed by atoms with Crippen molar-refractivity contribution in [2.24, 2.45) is 0 Å². The summed E-state index contributed by atoms with van der Waals surface area (Å²) in [4.78, 5) is 36.2. The molecule has 1 aliphatic rings. The standard InChI is InChI=1S/C23H30N2O7/c1-5-12-31-18-10-8-16(13-19(18)29-6-2)9-11-20(26)32-14-17-21(22(27)30-7-3)15(4)24-23(28)25-17/h8-11,13,15H,5-7,12,14H2,1-4H3,(H2,24,25,28)/b11-9+. The van der Waals surface area contributed by atoms with E-state index in [4.69, 9.17) is 18.9 Å². The average molecular weight is 447 g/mol. The minimum Gasteiger partial charge on any atom is -0.490 e. The topological polar surface area (TPSA) is 112 Å². The Bertz CT molecular complexity index is 892. The van der Waals surface area contributed by atoms with Gasteiger partial charge in [-0.3, -0.25) is 0 Å². The molecule has 0 bridgehead atoms. The van der Waals surface area contributed by atoms with E-state index in [0.29, 0.717) is 24.7 Å². The molecule has 9 heteroatoms. The Morgan fingerprint density at radius 1 is 1.06 bits per heavy atom. The fourth-order valence-electron chi connectivity index (χ4n) is 2.98. The van der Waals surface area contributed by atoms with Gasteiger partial charge in [0.2, 0.25) is 0 Å². The molecule has 0 saturated heterocycles. The lowest BCUT2D eigenvalue weighted by Gasteiger charge is -2.26. The van der Waals surface area contributed by atoms with E-state index in [0.717, 1.165) is 12.0 Å². The third kappa shape index (κ3) is 7.04. The zero-order valence-electron chi connectivity index (χ0n) is 18.9. The molecule has 1 aromatic rings. The van der Waals surface area contributed by atoms with E-state index in [-0.39, 0.29) is 24.5 Å². The van der Waals surface area contributed by atoms with Gasteiger partial charge < -0.3 is 29.6 Å². The van der Waals surface area contributed by atoms with Gasteiger partial charge in [0.25, 0.3) is 0 Å². The number of hydrogen-bond donors (Lipinski definition) is 2. The number of ether oxygens (including phenoxy) is 4. The van der Waals surface area contributed by atoms with Crippen LogP contribution in [0.3, 0.4) is 0 Å². The van der Waals surface area contributed by atoms with Gasteiger partial charge in [0, 0.05) is 6.08 Å². The fraction of sp³-hybridized carbons (Fsp3) is 0.435. The number of urea groups is 1. The van der Waals surface area contributed by atoms with Crippen LogP contribution in [0, 0.1) is 0 Å². The molecule has 0 radical (unpaired) electrons. The van der Waals surface area contributed by atoms with Gasteiger partial charge in [0.15, 0.2) is 11.5 Å². The number of esters is 2. The molecule has 2 amide bonds. The molecule has 2 rings (SSSR count). The molecular weight excluding hydrogens is 416 g/mol. The van der Waals surface area contributed by atoms with Gasteiger partial charge in [-0.05, 0) is 51.0 Å². The van der Waals surface area contributed by atoms with Gasteiger partial charge in [-0.2, -0.15) is 0 Å². The summed E-state index contributed by atoms with van der Waals surface area (Å²) in [5.41, 5.74) is 1.13. The molecule has 1 atom stereocenters. The second-order valence-electron chi connectivity index (χ2n) is 6.86. The third-order valence-corrected chi connectivity index (χ3v) is 4.37. The van der Waals surface area contributed by atoms with Crippen molar-refractivity contribution >= 4 is 24.0 Å². The predicted octanol–water partition coefficient (Wildman–Crippen LogP) is 2.95. The first kappa shape index (κ1) is 24.8. The summed E-state index contributed by atoms with van der Waals surface area (Å²) in [6.45, 7) is 8.20. The van der Waals surface area contributed by atoms with Crippen LogP contribution in [0.1, 0.15) is 39.7 Å². The monoisotopic (exact) mass is 446 g/mol. The Kier molecular flexibility index (Phi) is 9.59. The van der Waals surface area contributed by atoms with Crippen molar-refractivity contribution in [3.05, 3.63) is 41.1 Å². The van der Waals surface area contributed by atoms with Gasteiger partial charge in [-0.1, -0.05) is 13.0 Å². The maximum atomic E-state index is 12.2.